The van der Waals surface area contributed by atoms with Gasteiger partial charge in [0.2, 0.25) is 0 Å². The Labute approximate surface area is 133 Å². The lowest BCUT2D eigenvalue weighted by Crippen LogP contribution is -2.24. The topological polar surface area (TPSA) is 24.9 Å². The number of nitrogens with zero attached hydrogens (tertiary/aromatic N) is 1. The number of halogens is 2. The normalized spacial score (nSPS) is 12.4. The van der Waals surface area contributed by atoms with E-state index in [0.717, 1.165) is 30.6 Å². The van der Waals surface area contributed by atoms with Gasteiger partial charge in [-0.05, 0) is 77.6 Å². The first-order valence-corrected chi connectivity index (χ1v) is 7.99. The van der Waals surface area contributed by atoms with Gasteiger partial charge in [0.1, 0.15) is 5.82 Å². The van der Waals surface area contributed by atoms with Crippen LogP contribution in [0.3, 0.4) is 0 Å². The Bertz CT molecular complexity index is 601. The van der Waals surface area contributed by atoms with Crippen LogP contribution < -0.4 is 5.32 Å². The molecule has 0 aliphatic carbocycles. The fourth-order valence-corrected chi connectivity index (χ4v) is 2.74. The minimum atomic E-state index is -0.225. The van der Waals surface area contributed by atoms with Gasteiger partial charge in [0.25, 0.3) is 0 Å². The van der Waals surface area contributed by atoms with Gasteiger partial charge in [-0.3, -0.25) is 4.98 Å². The number of hydrogen-bond acceptors (Lipinski definition) is 2. The molecule has 1 heterocycles. The highest BCUT2D eigenvalue weighted by Crippen LogP contribution is 2.23. The average Bonchev–Trinajstić information content (AvgIpc) is 2.47. The van der Waals surface area contributed by atoms with Crippen molar-refractivity contribution in [2.45, 2.75) is 32.7 Å². The highest BCUT2D eigenvalue weighted by Gasteiger charge is 2.13. The van der Waals surface area contributed by atoms with E-state index in [2.05, 4.69) is 39.2 Å². The SMILES string of the molecule is CCCNC(Cc1ccc(F)c(Br)c1)c1ccnc(C)c1. The largest absolute Gasteiger partial charge is 0.310 e. The quantitative estimate of drug-likeness (QED) is 0.824. The van der Waals surface area contributed by atoms with Crippen LogP contribution in [0.2, 0.25) is 0 Å². The minimum Gasteiger partial charge on any atom is -0.310 e. The third kappa shape index (κ3) is 4.61. The Morgan fingerprint density at radius 2 is 2.10 bits per heavy atom. The van der Waals surface area contributed by atoms with Gasteiger partial charge in [-0.1, -0.05) is 13.0 Å². The second-order valence-electron chi connectivity index (χ2n) is 5.19. The molecule has 1 atom stereocenters. The number of nitrogens with one attached hydrogen (secondary N) is 1. The Morgan fingerprint density at radius 3 is 2.76 bits per heavy atom. The lowest BCUT2D eigenvalue weighted by atomic mass is 9.99. The molecule has 21 heavy (non-hydrogen) atoms. The first-order valence-electron chi connectivity index (χ1n) is 7.20. The monoisotopic (exact) mass is 350 g/mol. The van der Waals surface area contributed by atoms with Crippen molar-refractivity contribution in [3.05, 3.63) is 63.6 Å². The van der Waals surface area contributed by atoms with Crippen LogP contribution in [0, 0.1) is 12.7 Å². The molecule has 0 fully saturated rings. The Hall–Kier alpha value is -1.26. The summed E-state index contributed by atoms with van der Waals surface area (Å²) >= 11 is 3.25. The lowest BCUT2D eigenvalue weighted by Gasteiger charge is -2.19. The molecule has 1 aromatic carbocycles. The van der Waals surface area contributed by atoms with E-state index in [-0.39, 0.29) is 11.9 Å². The molecular formula is C17H20BrFN2. The summed E-state index contributed by atoms with van der Waals surface area (Å²) in [6.07, 6.45) is 3.74. The molecule has 2 nitrogen and oxygen atoms in total. The summed E-state index contributed by atoms with van der Waals surface area (Å²) < 4.78 is 13.9. The fourth-order valence-electron chi connectivity index (χ4n) is 2.31. The van der Waals surface area contributed by atoms with Crippen LogP contribution in [0.25, 0.3) is 0 Å². The highest BCUT2D eigenvalue weighted by molar-refractivity contribution is 9.10. The van der Waals surface area contributed by atoms with Crippen LogP contribution in [0.5, 0.6) is 0 Å². The first-order chi connectivity index (χ1) is 10.1. The van der Waals surface area contributed by atoms with Gasteiger partial charge in [0.05, 0.1) is 4.47 Å². The predicted molar refractivity (Wildman–Crippen MR) is 87.8 cm³/mol. The van der Waals surface area contributed by atoms with Crippen LogP contribution in [-0.4, -0.2) is 11.5 Å². The molecule has 0 radical (unpaired) electrons. The van der Waals surface area contributed by atoms with Crippen LogP contribution in [0.15, 0.2) is 41.0 Å². The Morgan fingerprint density at radius 1 is 1.29 bits per heavy atom. The standard InChI is InChI=1S/C17H20BrFN2/c1-3-7-21-17(14-6-8-20-12(2)9-14)11-13-4-5-16(19)15(18)10-13/h4-6,8-10,17,21H,3,7,11H2,1-2H3. The third-order valence-corrected chi connectivity index (χ3v) is 4.00. The van der Waals surface area contributed by atoms with Crippen LogP contribution >= 0.6 is 15.9 Å². The van der Waals surface area contributed by atoms with E-state index >= 15 is 0 Å². The Balaban J connectivity index is 2.21. The smallest absolute Gasteiger partial charge is 0.137 e. The zero-order valence-corrected chi connectivity index (χ0v) is 14.0. The number of rotatable bonds is 6. The summed E-state index contributed by atoms with van der Waals surface area (Å²) in [5.41, 5.74) is 3.33. The second kappa shape index (κ2) is 7.66. The van der Waals surface area contributed by atoms with Gasteiger partial charge in [-0.15, -0.1) is 0 Å². The lowest BCUT2D eigenvalue weighted by molar-refractivity contribution is 0.527. The average molecular weight is 351 g/mol. The molecule has 0 aliphatic rings. The number of benzene rings is 1. The molecular weight excluding hydrogens is 331 g/mol. The van der Waals surface area contributed by atoms with Gasteiger partial charge in [-0.25, -0.2) is 4.39 Å². The van der Waals surface area contributed by atoms with Crippen molar-refractivity contribution in [1.29, 1.82) is 0 Å². The van der Waals surface area contributed by atoms with Crippen molar-refractivity contribution >= 4 is 15.9 Å². The summed E-state index contributed by atoms with van der Waals surface area (Å²) in [6, 6.07) is 9.56. The summed E-state index contributed by atoms with van der Waals surface area (Å²) in [5, 5.41) is 3.56. The maximum absolute atomic E-state index is 13.3. The van der Waals surface area contributed by atoms with E-state index < -0.39 is 0 Å². The van der Waals surface area contributed by atoms with E-state index in [1.165, 1.54) is 11.6 Å². The minimum absolute atomic E-state index is 0.212. The molecule has 2 rings (SSSR count). The molecule has 112 valence electrons. The van der Waals surface area contributed by atoms with E-state index in [1.807, 2.05) is 31.3 Å². The molecule has 4 heteroatoms. The maximum Gasteiger partial charge on any atom is 0.137 e. The third-order valence-electron chi connectivity index (χ3n) is 3.39. The number of pyridine rings is 1. The molecule has 0 spiro atoms. The maximum atomic E-state index is 13.3. The van der Waals surface area contributed by atoms with Gasteiger partial charge >= 0.3 is 0 Å². The van der Waals surface area contributed by atoms with Gasteiger partial charge < -0.3 is 5.32 Å². The Kier molecular flexibility index (Phi) is 5.88. The zero-order valence-electron chi connectivity index (χ0n) is 12.4. The van der Waals surface area contributed by atoms with Gasteiger partial charge in [-0.2, -0.15) is 0 Å². The molecule has 0 bridgehead atoms. The van der Waals surface area contributed by atoms with E-state index in [9.17, 15) is 4.39 Å². The molecule has 0 aliphatic heterocycles. The molecule has 1 unspecified atom stereocenters. The summed E-state index contributed by atoms with van der Waals surface area (Å²) in [7, 11) is 0. The molecule has 0 saturated carbocycles. The van der Waals surface area contributed by atoms with Crippen molar-refractivity contribution in [2.75, 3.05) is 6.54 Å². The van der Waals surface area contributed by atoms with Crippen LogP contribution in [0.4, 0.5) is 4.39 Å². The fraction of sp³-hybridized carbons (Fsp3) is 0.353. The van der Waals surface area contributed by atoms with Crippen molar-refractivity contribution in [3.63, 3.8) is 0 Å². The highest BCUT2D eigenvalue weighted by atomic mass is 79.9. The summed E-state index contributed by atoms with van der Waals surface area (Å²) in [5.74, 6) is -0.225. The second-order valence-corrected chi connectivity index (χ2v) is 6.04. The number of hydrogen-bond donors (Lipinski definition) is 1. The molecule has 2 aromatic rings. The van der Waals surface area contributed by atoms with Crippen LogP contribution in [-0.2, 0) is 6.42 Å². The van der Waals surface area contributed by atoms with Gasteiger partial charge in [0.15, 0.2) is 0 Å². The van der Waals surface area contributed by atoms with Crippen molar-refractivity contribution < 1.29 is 4.39 Å². The number of aryl methyl sites for hydroxylation is 1. The molecule has 1 aromatic heterocycles. The van der Waals surface area contributed by atoms with E-state index in [0.29, 0.717) is 4.47 Å². The predicted octanol–water partition coefficient (Wildman–Crippen LogP) is 4.58. The summed E-state index contributed by atoms with van der Waals surface area (Å²) in [4.78, 5) is 4.25. The molecule has 0 saturated heterocycles. The zero-order chi connectivity index (χ0) is 15.2. The summed E-state index contributed by atoms with van der Waals surface area (Å²) in [6.45, 7) is 5.10. The van der Waals surface area contributed by atoms with E-state index in [4.69, 9.17) is 0 Å². The number of aromatic nitrogens is 1. The van der Waals surface area contributed by atoms with Crippen molar-refractivity contribution in [3.8, 4) is 0 Å². The van der Waals surface area contributed by atoms with Crippen LogP contribution in [0.1, 0.15) is 36.2 Å². The van der Waals surface area contributed by atoms with Crippen molar-refractivity contribution in [2.24, 2.45) is 0 Å². The van der Waals surface area contributed by atoms with Crippen molar-refractivity contribution in [1.82, 2.24) is 10.3 Å². The van der Waals surface area contributed by atoms with Gasteiger partial charge in [0, 0.05) is 17.9 Å². The van der Waals surface area contributed by atoms with E-state index in [1.54, 1.807) is 0 Å². The molecule has 0 amide bonds. The molecule has 1 N–H and O–H groups in total. The first kappa shape index (κ1) is 16.1.